The van der Waals surface area contributed by atoms with E-state index in [0.29, 0.717) is 24.7 Å². The van der Waals surface area contributed by atoms with Crippen LogP contribution in [0.15, 0.2) is 53.6 Å². The molecule has 0 saturated heterocycles. The number of hydrazone groups is 1. The Labute approximate surface area is 153 Å². The van der Waals surface area contributed by atoms with E-state index in [4.69, 9.17) is 14.2 Å². The average molecular weight is 356 g/mol. The van der Waals surface area contributed by atoms with Crippen molar-refractivity contribution in [3.63, 3.8) is 0 Å². The topological polar surface area (TPSA) is 69.2 Å². The molecular weight excluding hydrogens is 332 g/mol. The van der Waals surface area contributed by atoms with Crippen molar-refractivity contribution < 1.29 is 19.0 Å². The molecule has 1 amide bonds. The van der Waals surface area contributed by atoms with Crippen molar-refractivity contribution in [3.8, 4) is 11.5 Å². The summed E-state index contributed by atoms with van der Waals surface area (Å²) in [6.07, 6.45) is 0.834. The standard InChI is InChI=1S/C20H24N2O4/c1-4-25-17-12-11-15(13-18(17)26-5-2)14-21-22-20(23)19(24-3)16-9-7-6-8-10-16/h6-14,19H,4-5H2,1-3H3,(H,22,23)/b21-14+. The molecular formula is C20H24N2O4. The van der Waals surface area contributed by atoms with E-state index in [0.717, 1.165) is 11.1 Å². The second-order valence-electron chi connectivity index (χ2n) is 5.33. The molecule has 0 aliphatic carbocycles. The highest BCUT2D eigenvalue weighted by Crippen LogP contribution is 2.28. The first-order valence-corrected chi connectivity index (χ1v) is 8.49. The molecule has 6 heteroatoms. The molecule has 0 aliphatic heterocycles. The van der Waals surface area contributed by atoms with Crippen LogP contribution in [0.1, 0.15) is 31.1 Å². The largest absolute Gasteiger partial charge is 0.490 e. The van der Waals surface area contributed by atoms with Gasteiger partial charge in [0.05, 0.1) is 19.4 Å². The first-order chi connectivity index (χ1) is 12.7. The molecule has 2 aromatic carbocycles. The number of benzene rings is 2. The van der Waals surface area contributed by atoms with E-state index < -0.39 is 6.10 Å². The lowest BCUT2D eigenvalue weighted by Gasteiger charge is -2.13. The summed E-state index contributed by atoms with van der Waals surface area (Å²) in [7, 11) is 1.49. The fourth-order valence-electron chi connectivity index (χ4n) is 2.40. The Morgan fingerprint density at radius 2 is 1.77 bits per heavy atom. The molecule has 2 aromatic rings. The predicted octanol–water partition coefficient (Wildman–Crippen LogP) is 3.32. The summed E-state index contributed by atoms with van der Waals surface area (Å²) < 4.78 is 16.4. The van der Waals surface area contributed by atoms with Gasteiger partial charge in [0.2, 0.25) is 0 Å². The predicted molar refractivity (Wildman–Crippen MR) is 101 cm³/mol. The molecule has 1 atom stereocenters. The molecule has 138 valence electrons. The van der Waals surface area contributed by atoms with Gasteiger partial charge in [0, 0.05) is 7.11 Å². The Balaban J connectivity index is 2.05. The first-order valence-electron chi connectivity index (χ1n) is 8.49. The van der Waals surface area contributed by atoms with Gasteiger partial charge in [-0.15, -0.1) is 0 Å². The van der Waals surface area contributed by atoms with Crippen molar-refractivity contribution in [3.05, 3.63) is 59.7 Å². The molecule has 0 aliphatic rings. The van der Waals surface area contributed by atoms with E-state index in [1.165, 1.54) is 7.11 Å². The molecule has 26 heavy (non-hydrogen) atoms. The summed E-state index contributed by atoms with van der Waals surface area (Å²) in [5, 5.41) is 4.01. The summed E-state index contributed by atoms with van der Waals surface area (Å²) in [5.41, 5.74) is 4.05. The molecule has 2 rings (SSSR count). The Bertz CT molecular complexity index is 732. The molecule has 0 radical (unpaired) electrons. The van der Waals surface area contributed by atoms with E-state index >= 15 is 0 Å². The molecule has 1 unspecified atom stereocenters. The number of carbonyl (C=O) groups excluding carboxylic acids is 1. The zero-order valence-corrected chi connectivity index (χ0v) is 15.3. The highest BCUT2D eigenvalue weighted by molar-refractivity contribution is 5.85. The highest BCUT2D eigenvalue weighted by atomic mass is 16.5. The van der Waals surface area contributed by atoms with Gasteiger partial charge in [0.1, 0.15) is 0 Å². The average Bonchev–Trinajstić information content (AvgIpc) is 2.65. The summed E-state index contributed by atoms with van der Waals surface area (Å²) in [6.45, 7) is 4.91. The summed E-state index contributed by atoms with van der Waals surface area (Å²) >= 11 is 0. The maximum absolute atomic E-state index is 12.3. The van der Waals surface area contributed by atoms with Crippen molar-refractivity contribution in [1.82, 2.24) is 5.43 Å². The minimum absolute atomic E-state index is 0.342. The minimum Gasteiger partial charge on any atom is -0.490 e. The number of nitrogens with zero attached hydrogens (tertiary/aromatic N) is 1. The Morgan fingerprint density at radius 1 is 1.08 bits per heavy atom. The van der Waals surface area contributed by atoms with Crippen molar-refractivity contribution in [2.24, 2.45) is 5.10 Å². The molecule has 0 aromatic heterocycles. The number of hydrogen-bond donors (Lipinski definition) is 1. The number of hydrogen-bond acceptors (Lipinski definition) is 5. The molecule has 0 heterocycles. The van der Waals surface area contributed by atoms with E-state index in [-0.39, 0.29) is 5.91 Å². The van der Waals surface area contributed by atoms with Crippen molar-refractivity contribution >= 4 is 12.1 Å². The Hall–Kier alpha value is -2.86. The van der Waals surface area contributed by atoms with Crippen LogP contribution in [0.25, 0.3) is 0 Å². The van der Waals surface area contributed by atoms with Crippen LogP contribution < -0.4 is 14.9 Å². The van der Waals surface area contributed by atoms with Crippen LogP contribution in [-0.4, -0.2) is 32.4 Å². The minimum atomic E-state index is -0.715. The van der Waals surface area contributed by atoms with Crippen LogP contribution in [0.3, 0.4) is 0 Å². The summed E-state index contributed by atoms with van der Waals surface area (Å²) in [4.78, 5) is 12.3. The Kier molecular flexibility index (Phi) is 7.64. The van der Waals surface area contributed by atoms with Crippen molar-refractivity contribution in [1.29, 1.82) is 0 Å². The zero-order chi connectivity index (χ0) is 18.8. The number of methoxy groups -OCH3 is 1. The molecule has 1 N–H and O–H groups in total. The molecule has 0 saturated carbocycles. The van der Waals surface area contributed by atoms with Gasteiger partial charge in [-0.3, -0.25) is 4.79 Å². The van der Waals surface area contributed by atoms with Crippen LogP contribution >= 0.6 is 0 Å². The van der Waals surface area contributed by atoms with Gasteiger partial charge < -0.3 is 14.2 Å². The smallest absolute Gasteiger partial charge is 0.273 e. The maximum Gasteiger partial charge on any atom is 0.273 e. The van der Waals surface area contributed by atoms with Crippen molar-refractivity contribution in [2.75, 3.05) is 20.3 Å². The lowest BCUT2D eigenvalue weighted by molar-refractivity contribution is -0.131. The van der Waals surface area contributed by atoms with Crippen molar-refractivity contribution in [2.45, 2.75) is 20.0 Å². The maximum atomic E-state index is 12.3. The van der Waals surface area contributed by atoms with Crippen LogP contribution in [0.4, 0.5) is 0 Å². The summed E-state index contributed by atoms with van der Waals surface area (Å²) in [5.74, 6) is 0.980. The van der Waals surface area contributed by atoms with Gasteiger partial charge >= 0.3 is 0 Å². The van der Waals surface area contributed by atoms with Crippen LogP contribution in [-0.2, 0) is 9.53 Å². The van der Waals surface area contributed by atoms with Gasteiger partial charge in [0.15, 0.2) is 17.6 Å². The third-order valence-electron chi connectivity index (χ3n) is 3.53. The van der Waals surface area contributed by atoms with E-state index in [1.807, 2.05) is 62.4 Å². The number of nitrogens with one attached hydrogen (secondary N) is 1. The Morgan fingerprint density at radius 3 is 2.42 bits per heavy atom. The molecule has 0 bridgehead atoms. The SMILES string of the molecule is CCOc1ccc(/C=N/NC(=O)C(OC)c2ccccc2)cc1OCC. The fourth-order valence-corrected chi connectivity index (χ4v) is 2.40. The number of amides is 1. The quantitative estimate of drug-likeness (QED) is 0.553. The molecule has 6 nitrogen and oxygen atoms in total. The van der Waals surface area contributed by atoms with Gasteiger partial charge in [-0.1, -0.05) is 30.3 Å². The van der Waals surface area contributed by atoms with Gasteiger partial charge in [0.25, 0.3) is 5.91 Å². The first kappa shape index (κ1) is 19.5. The van der Waals surface area contributed by atoms with Gasteiger partial charge in [-0.25, -0.2) is 5.43 Å². The third-order valence-corrected chi connectivity index (χ3v) is 3.53. The number of ether oxygens (including phenoxy) is 3. The monoisotopic (exact) mass is 356 g/mol. The molecule has 0 fully saturated rings. The van der Waals surface area contributed by atoms with Crippen LogP contribution in [0.5, 0.6) is 11.5 Å². The zero-order valence-electron chi connectivity index (χ0n) is 15.3. The van der Waals surface area contributed by atoms with E-state index in [9.17, 15) is 4.79 Å². The van der Waals surface area contributed by atoms with Crippen LogP contribution in [0, 0.1) is 0 Å². The normalized spacial score (nSPS) is 12.0. The fraction of sp³-hybridized carbons (Fsp3) is 0.300. The second kappa shape index (κ2) is 10.2. The van der Waals surface area contributed by atoms with Gasteiger partial charge in [-0.05, 0) is 43.2 Å². The van der Waals surface area contributed by atoms with Crippen LogP contribution in [0.2, 0.25) is 0 Å². The van der Waals surface area contributed by atoms with E-state index in [2.05, 4.69) is 10.5 Å². The van der Waals surface area contributed by atoms with E-state index in [1.54, 1.807) is 6.21 Å². The number of carbonyl (C=O) groups is 1. The summed E-state index contributed by atoms with van der Waals surface area (Å²) in [6, 6.07) is 14.7. The lowest BCUT2D eigenvalue weighted by atomic mass is 10.1. The number of rotatable bonds is 9. The lowest BCUT2D eigenvalue weighted by Crippen LogP contribution is -2.26. The second-order valence-corrected chi connectivity index (χ2v) is 5.33. The molecule has 0 spiro atoms. The highest BCUT2D eigenvalue weighted by Gasteiger charge is 2.19. The van der Waals surface area contributed by atoms with Gasteiger partial charge in [-0.2, -0.15) is 5.10 Å². The third kappa shape index (κ3) is 5.32.